The molecule has 6 unspecified atom stereocenters. The molecular weight excluding hydrogens is 546 g/mol. The summed E-state index contributed by atoms with van der Waals surface area (Å²) in [4.78, 5) is 14.1. The molecule has 4 aliphatic heterocycles. The van der Waals surface area contributed by atoms with Gasteiger partial charge in [-0.15, -0.1) is 0 Å². The predicted octanol–water partition coefficient (Wildman–Crippen LogP) is 3.73. The normalized spacial score (nSPS) is 36.1. The molecule has 14 heteroatoms. The fraction of sp³-hybridized carbons (Fsp3) is 0.731. The van der Waals surface area contributed by atoms with Crippen LogP contribution < -0.4 is 16.2 Å². The zero-order chi connectivity index (χ0) is 28.5. The van der Waals surface area contributed by atoms with Crippen molar-refractivity contribution in [2.75, 3.05) is 13.2 Å². The number of halogens is 6. The maximum Gasteiger partial charge on any atom is 0.421 e. The number of benzene rings is 1. The van der Waals surface area contributed by atoms with E-state index in [4.69, 9.17) is 14.2 Å². The van der Waals surface area contributed by atoms with E-state index in [1.165, 1.54) is 4.90 Å². The summed E-state index contributed by atoms with van der Waals surface area (Å²) in [6.45, 7) is -0.563. The molecule has 8 nitrogen and oxygen atoms in total. The van der Waals surface area contributed by atoms with Crippen molar-refractivity contribution in [2.24, 2.45) is 5.92 Å². The number of hydrazine groups is 1. The second kappa shape index (κ2) is 11.7. The molecule has 4 aliphatic rings. The van der Waals surface area contributed by atoms with E-state index in [1.807, 2.05) is 0 Å². The fourth-order valence-electron chi connectivity index (χ4n) is 6.21. The smallest absolute Gasteiger partial charge is 0.369 e. The van der Waals surface area contributed by atoms with Crippen LogP contribution in [0.5, 0.6) is 0 Å². The number of fused-ring (bicyclic) bond motifs is 7. The van der Waals surface area contributed by atoms with Crippen molar-refractivity contribution in [3.63, 3.8) is 0 Å². The van der Waals surface area contributed by atoms with Gasteiger partial charge in [-0.25, -0.2) is 10.9 Å². The monoisotopic (exact) mass is 580 g/mol. The first-order valence-corrected chi connectivity index (χ1v) is 13.6. The van der Waals surface area contributed by atoms with Crippen LogP contribution in [0.3, 0.4) is 0 Å². The van der Waals surface area contributed by atoms with Crippen LogP contribution in [0.15, 0.2) is 30.3 Å². The number of rotatable bonds is 3. The van der Waals surface area contributed by atoms with E-state index in [-0.39, 0.29) is 39.1 Å². The number of nitrogens with zero attached hydrogens (tertiary/aromatic N) is 1. The van der Waals surface area contributed by atoms with Gasteiger partial charge in [-0.2, -0.15) is 26.3 Å². The number of piperidine rings is 1. The Morgan fingerprint density at radius 2 is 1.77 bits per heavy atom. The number of amides is 1. The summed E-state index contributed by atoms with van der Waals surface area (Å²) >= 11 is 0. The van der Waals surface area contributed by atoms with Gasteiger partial charge in [0.15, 0.2) is 6.23 Å². The summed E-state index contributed by atoms with van der Waals surface area (Å²) in [5.74, 6) is -2.38. The zero-order valence-corrected chi connectivity index (χ0v) is 21.8. The third kappa shape index (κ3) is 5.97. The SMILES string of the molecule is O=C1COC[C@H]2CCCCCC(OCc3ccccc3)(C(F)(F)F)C3NNC(O3)C3CCC(C(F)(F)F)C(N3)N12. The maximum atomic E-state index is 14.9. The molecular formula is C26H34F6N4O4. The molecule has 0 radical (unpaired) electrons. The molecule has 40 heavy (non-hydrogen) atoms. The van der Waals surface area contributed by atoms with E-state index in [9.17, 15) is 31.1 Å². The highest BCUT2D eigenvalue weighted by Crippen LogP contribution is 2.44. The Morgan fingerprint density at radius 1 is 1.00 bits per heavy atom. The van der Waals surface area contributed by atoms with Crippen molar-refractivity contribution in [1.29, 1.82) is 0 Å². The van der Waals surface area contributed by atoms with E-state index in [2.05, 4.69) is 16.2 Å². The minimum atomic E-state index is -4.82. The molecule has 224 valence electrons. The lowest BCUT2D eigenvalue weighted by atomic mass is 9.87. The Bertz CT molecular complexity index is 1020. The quantitative estimate of drug-likeness (QED) is 0.470. The standard InChI is InChI=1S/C26H34F6N4O4/c27-25(28,29)18-10-11-19-22-34-35-23(40-22)24(26(30,31)32,39-13-16-7-3-1-4-8-16)12-6-2-5-9-17-14-38-15-20(37)36(17)21(18)33-19/h1,3-4,7-8,17-19,21-23,33-35H,2,5-6,9-15H2/t17-,18?,19?,21?,22?,23?,24?/m1/s1. The van der Waals surface area contributed by atoms with Crippen LogP contribution in [0.1, 0.15) is 50.5 Å². The van der Waals surface area contributed by atoms with Gasteiger partial charge < -0.3 is 19.1 Å². The average molecular weight is 581 g/mol. The zero-order valence-electron chi connectivity index (χ0n) is 21.8. The van der Waals surface area contributed by atoms with Crippen molar-refractivity contribution in [1.82, 2.24) is 21.1 Å². The summed E-state index contributed by atoms with van der Waals surface area (Å²) in [5.41, 5.74) is 3.15. The van der Waals surface area contributed by atoms with Crippen molar-refractivity contribution in [3.05, 3.63) is 35.9 Å². The Balaban J connectivity index is 1.45. The molecule has 0 spiro atoms. The maximum absolute atomic E-state index is 14.9. The van der Waals surface area contributed by atoms with E-state index in [0.717, 1.165) is 0 Å². The molecule has 0 aromatic heterocycles. The van der Waals surface area contributed by atoms with Crippen molar-refractivity contribution in [2.45, 2.75) is 100 Å². The van der Waals surface area contributed by atoms with Gasteiger partial charge in [0.25, 0.3) is 0 Å². The molecule has 5 rings (SSSR count). The molecule has 1 aromatic rings. The Kier molecular flexibility index (Phi) is 8.65. The third-order valence-electron chi connectivity index (χ3n) is 8.32. The third-order valence-corrected chi connectivity index (χ3v) is 8.32. The molecule has 4 saturated heterocycles. The van der Waals surface area contributed by atoms with Gasteiger partial charge in [-0.3, -0.25) is 10.1 Å². The molecule has 0 saturated carbocycles. The van der Waals surface area contributed by atoms with Gasteiger partial charge in [0.2, 0.25) is 11.5 Å². The van der Waals surface area contributed by atoms with Gasteiger partial charge >= 0.3 is 12.4 Å². The Hall–Kier alpha value is -1.97. The molecule has 4 bridgehead atoms. The number of hydrogen-bond acceptors (Lipinski definition) is 7. The molecule has 4 fully saturated rings. The number of carbonyl (C=O) groups is 1. The van der Waals surface area contributed by atoms with Crippen LogP contribution in [0.2, 0.25) is 0 Å². The Labute approximate surface area is 228 Å². The second-order valence-electron chi connectivity index (χ2n) is 10.9. The highest BCUT2D eigenvalue weighted by atomic mass is 19.4. The van der Waals surface area contributed by atoms with Crippen molar-refractivity contribution < 1.29 is 45.3 Å². The summed E-state index contributed by atoms with van der Waals surface area (Å²) < 4.78 is 104. The fourth-order valence-corrected chi connectivity index (χ4v) is 6.21. The summed E-state index contributed by atoms with van der Waals surface area (Å²) in [5, 5.41) is 2.93. The number of nitrogens with one attached hydrogen (secondary N) is 3. The highest BCUT2D eigenvalue weighted by molar-refractivity contribution is 5.78. The number of alkyl halides is 6. The Morgan fingerprint density at radius 3 is 2.50 bits per heavy atom. The van der Waals surface area contributed by atoms with Gasteiger partial charge in [0.1, 0.15) is 12.8 Å². The number of carbonyl (C=O) groups excluding carboxylic acids is 1. The van der Waals surface area contributed by atoms with Gasteiger partial charge in [0, 0.05) is 6.04 Å². The lowest BCUT2D eigenvalue weighted by Crippen LogP contribution is -2.68. The molecule has 3 N–H and O–H groups in total. The first-order chi connectivity index (χ1) is 19.0. The average Bonchev–Trinajstić information content (AvgIpc) is 3.39. The van der Waals surface area contributed by atoms with Gasteiger partial charge in [-0.05, 0) is 31.2 Å². The number of hydrogen-bond donors (Lipinski definition) is 3. The first-order valence-electron chi connectivity index (χ1n) is 13.6. The molecule has 0 aliphatic carbocycles. The summed E-state index contributed by atoms with van der Waals surface area (Å²) in [7, 11) is 0. The van der Waals surface area contributed by atoms with Crippen LogP contribution in [-0.4, -0.2) is 72.7 Å². The van der Waals surface area contributed by atoms with E-state index in [0.29, 0.717) is 24.8 Å². The molecule has 4 heterocycles. The topological polar surface area (TPSA) is 84.1 Å². The van der Waals surface area contributed by atoms with Crippen LogP contribution >= 0.6 is 0 Å². The minimum Gasteiger partial charge on any atom is -0.369 e. The largest absolute Gasteiger partial charge is 0.421 e. The predicted molar refractivity (Wildman–Crippen MR) is 129 cm³/mol. The molecule has 1 amide bonds. The highest BCUT2D eigenvalue weighted by Gasteiger charge is 2.64. The lowest BCUT2D eigenvalue weighted by molar-refractivity contribution is -0.320. The summed E-state index contributed by atoms with van der Waals surface area (Å²) in [6.07, 6.45) is -13.1. The molecule has 1 aromatic carbocycles. The van der Waals surface area contributed by atoms with Crippen molar-refractivity contribution >= 4 is 5.91 Å². The molecule has 7 atom stereocenters. The number of morpholine rings is 1. The summed E-state index contributed by atoms with van der Waals surface area (Å²) in [6, 6.07) is 7.06. The van der Waals surface area contributed by atoms with Gasteiger partial charge in [0.05, 0.1) is 31.3 Å². The van der Waals surface area contributed by atoms with E-state index in [1.54, 1.807) is 30.3 Å². The van der Waals surface area contributed by atoms with E-state index >= 15 is 0 Å². The first kappa shape index (κ1) is 29.5. The van der Waals surface area contributed by atoms with Crippen molar-refractivity contribution in [3.8, 4) is 0 Å². The van der Waals surface area contributed by atoms with E-state index < -0.39 is 66.9 Å². The second-order valence-corrected chi connectivity index (χ2v) is 10.9. The number of ether oxygens (including phenoxy) is 3. The van der Waals surface area contributed by atoms with Crippen LogP contribution in [0.4, 0.5) is 26.3 Å². The van der Waals surface area contributed by atoms with Crippen LogP contribution in [0, 0.1) is 5.92 Å². The minimum absolute atomic E-state index is 0.0279. The van der Waals surface area contributed by atoms with Crippen LogP contribution in [-0.2, 0) is 25.6 Å². The lowest BCUT2D eigenvalue weighted by Gasteiger charge is -2.49. The van der Waals surface area contributed by atoms with Gasteiger partial charge in [-0.1, -0.05) is 49.6 Å². The van der Waals surface area contributed by atoms with Crippen LogP contribution in [0.25, 0.3) is 0 Å².